The van der Waals surface area contributed by atoms with Crippen molar-refractivity contribution < 1.29 is 9.53 Å². The Bertz CT molecular complexity index is 263. The number of carbonyl (C=O) groups is 1. The van der Waals surface area contributed by atoms with E-state index in [0.29, 0.717) is 4.83 Å². The Balaban J connectivity index is 2.40. The van der Waals surface area contributed by atoms with Gasteiger partial charge in [0.15, 0.2) is 0 Å². The summed E-state index contributed by atoms with van der Waals surface area (Å²) >= 11 is 3.67. The van der Waals surface area contributed by atoms with Crippen molar-refractivity contribution in [2.45, 2.75) is 69.8 Å². The molecule has 1 rings (SSSR count). The van der Waals surface area contributed by atoms with Gasteiger partial charge in [-0.25, -0.2) is 4.79 Å². The SMILES string of the molecule is CCC1CCC(NC(=O)OC(C)(C)C)C(Br)C1. The first-order valence-corrected chi connectivity index (χ1v) is 7.37. The van der Waals surface area contributed by atoms with E-state index in [1.165, 1.54) is 12.8 Å². The molecule has 0 bridgehead atoms. The predicted octanol–water partition coefficient (Wildman–Crippen LogP) is 3.85. The van der Waals surface area contributed by atoms with Crippen LogP contribution in [0.5, 0.6) is 0 Å². The van der Waals surface area contributed by atoms with E-state index < -0.39 is 5.60 Å². The highest BCUT2D eigenvalue weighted by Gasteiger charge is 2.30. The van der Waals surface area contributed by atoms with Gasteiger partial charge in [-0.1, -0.05) is 29.3 Å². The number of carbonyl (C=O) groups excluding carboxylic acids is 1. The zero-order valence-electron chi connectivity index (χ0n) is 11.3. The molecule has 1 N–H and O–H groups in total. The molecule has 0 aromatic heterocycles. The van der Waals surface area contributed by atoms with Crippen LogP contribution in [0.25, 0.3) is 0 Å². The first-order valence-electron chi connectivity index (χ1n) is 6.45. The van der Waals surface area contributed by atoms with Crippen LogP contribution in [0.2, 0.25) is 0 Å². The zero-order valence-corrected chi connectivity index (χ0v) is 12.8. The van der Waals surface area contributed by atoms with Gasteiger partial charge >= 0.3 is 6.09 Å². The second-order valence-electron chi connectivity index (χ2n) is 5.86. The molecule has 1 amide bonds. The average Bonchev–Trinajstić information content (AvgIpc) is 2.18. The standard InChI is InChI=1S/C13H24BrNO2/c1-5-9-6-7-11(10(14)8-9)15-12(16)17-13(2,3)4/h9-11H,5-8H2,1-4H3,(H,15,16). The van der Waals surface area contributed by atoms with Crippen molar-refractivity contribution in [2.75, 3.05) is 0 Å². The Kier molecular flexibility index (Phi) is 5.29. The lowest BCUT2D eigenvalue weighted by Crippen LogP contribution is -2.46. The molecule has 0 aromatic rings. The molecule has 3 nitrogen and oxygen atoms in total. The van der Waals surface area contributed by atoms with E-state index in [-0.39, 0.29) is 12.1 Å². The number of alkyl halides is 1. The molecule has 1 aliphatic carbocycles. The summed E-state index contributed by atoms with van der Waals surface area (Å²) in [5.74, 6) is 0.788. The first-order chi connectivity index (χ1) is 7.81. The second kappa shape index (κ2) is 6.07. The molecule has 0 heterocycles. The third-order valence-electron chi connectivity index (χ3n) is 3.16. The van der Waals surface area contributed by atoms with Gasteiger partial charge in [-0.3, -0.25) is 0 Å². The molecule has 3 unspecified atom stereocenters. The molecule has 1 saturated carbocycles. The molecule has 3 atom stereocenters. The van der Waals surface area contributed by atoms with E-state index in [9.17, 15) is 4.79 Å². The largest absolute Gasteiger partial charge is 0.444 e. The normalized spacial score (nSPS) is 29.8. The number of rotatable bonds is 2. The molecule has 1 fully saturated rings. The van der Waals surface area contributed by atoms with Crippen LogP contribution in [0, 0.1) is 5.92 Å². The number of hydrogen-bond donors (Lipinski definition) is 1. The van der Waals surface area contributed by atoms with Gasteiger partial charge in [-0.2, -0.15) is 0 Å². The van der Waals surface area contributed by atoms with Crippen molar-refractivity contribution in [2.24, 2.45) is 5.92 Å². The minimum Gasteiger partial charge on any atom is -0.444 e. The topological polar surface area (TPSA) is 38.3 Å². The molecular weight excluding hydrogens is 282 g/mol. The Morgan fingerprint density at radius 2 is 2.06 bits per heavy atom. The molecule has 100 valence electrons. The van der Waals surface area contributed by atoms with Crippen LogP contribution in [0.1, 0.15) is 53.4 Å². The summed E-state index contributed by atoms with van der Waals surface area (Å²) in [5.41, 5.74) is -0.424. The molecule has 0 radical (unpaired) electrons. The fourth-order valence-electron chi connectivity index (χ4n) is 2.19. The van der Waals surface area contributed by atoms with E-state index in [1.54, 1.807) is 0 Å². The maximum Gasteiger partial charge on any atom is 0.407 e. The van der Waals surface area contributed by atoms with Gasteiger partial charge < -0.3 is 10.1 Å². The highest BCUT2D eigenvalue weighted by molar-refractivity contribution is 9.09. The fraction of sp³-hybridized carbons (Fsp3) is 0.923. The molecule has 17 heavy (non-hydrogen) atoms. The maximum absolute atomic E-state index is 11.7. The number of ether oxygens (including phenoxy) is 1. The van der Waals surface area contributed by atoms with E-state index in [2.05, 4.69) is 28.2 Å². The van der Waals surface area contributed by atoms with Crippen molar-refractivity contribution in [3.63, 3.8) is 0 Å². The molecule has 0 saturated heterocycles. The smallest absolute Gasteiger partial charge is 0.407 e. The summed E-state index contributed by atoms with van der Waals surface area (Å²) in [6, 6.07) is 0.202. The average molecular weight is 306 g/mol. The van der Waals surface area contributed by atoms with Gasteiger partial charge in [0.1, 0.15) is 5.60 Å². The van der Waals surface area contributed by atoms with Gasteiger partial charge in [0.05, 0.1) is 0 Å². The van der Waals surface area contributed by atoms with Crippen molar-refractivity contribution in [1.29, 1.82) is 0 Å². The maximum atomic E-state index is 11.7. The van der Waals surface area contributed by atoms with E-state index in [4.69, 9.17) is 4.74 Å². The van der Waals surface area contributed by atoms with Gasteiger partial charge in [-0.15, -0.1) is 0 Å². The van der Waals surface area contributed by atoms with Crippen LogP contribution in [0.3, 0.4) is 0 Å². The predicted molar refractivity (Wildman–Crippen MR) is 73.5 cm³/mol. The van der Waals surface area contributed by atoms with Crippen LogP contribution in [0.15, 0.2) is 0 Å². The fourth-order valence-corrected chi connectivity index (χ4v) is 3.11. The Hall–Kier alpha value is -0.250. The minimum absolute atomic E-state index is 0.202. The lowest BCUT2D eigenvalue weighted by molar-refractivity contribution is 0.0490. The summed E-state index contributed by atoms with van der Waals surface area (Å²) in [6.07, 6.45) is 4.28. The van der Waals surface area contributed by atoms with Crippen LogP contribution in [0.4, 0.5) is 4.79 Å². The number of halogens is 1. The number of amides is 1. The summed E-state index contributed by atoms with van der Waals surface area (Å²) in [4.78, 5) is 12.0. The highest BCUT2D eigenvalue weighted by Crippen LogP contribution is 2.31. The third-order valence-corrected chi connectivity index (χ3v) is 4.17. The summed E-state index contributed by atoms with van der Waals surface area (Å²) in [7, 11) is 0. The van der Waals surface area contributed by atoms with Gasteiger partial charge in [0.2, 0.25) is 0 Å². The van der Waals surface area contributed by atoms with Crippen molar-refractivity contribution >= 4 is 22.0 Å². The molecule has 1 aliphatic rings. The van der Waals surface area contributed by atoms with Gasteiger partial charge in [-0.05, 0) is 46.0 Å². The number of nitrogens with one attached hydrogen (secondary N) is 1. The third kappa shape index (κ3) is 5.28. The van der Waals surface area contributed by atoms with E-state index in [0.717, 1.165) is 18.8 Å². The van der Waals surface area contributed by atoms with E-state index >= 15 is 0 Å². The Labute approximate surface area is 113 Å². The molecular formula is C13H24BrNO2. The van der Waals surface area contributed by atoms with Crippen LogP contribution in [-0.4, -0.2) is 22.6 Å². The quantitative estimate of drug-likeness (QED) is 0.787. The molecule has 0 aromatic carbocycles. The first kappa shape index (κ1) is 14.8. The Morgan fingerprint density at radius 3 is 2.53 bits per heavy atom. The van der Waals surface area contributed by atoms with Crippen molar-refractivity contribution in [3.05, 3.63) is 0 Å². The summed E-state index contributed by atoms with van der Waals surface area (Å²) in [6.45, 7) is 7.87. The van der Waals surface area contributed by atoms with E-state index in [1.807, 2.05) is 20.8 Å². The van der Waals surface area contributed by atoms with Crippen LogP contribution in [-0.2, 0) is 4.74 Å². The van der Waals surface area contributed by atoms with Crippen molar-refractivity contribution in [1.82, 2.24) is 5.32 Å². The van der Waals surface area contributed by atoms with Gasteiger partial charge in [0, 0.05) is 10.9 Å². The van der Waals surface area contributed by atoms with Crippen LogP contribution < -0.4 is 5.32 Å². The second-order valence-corrected chi connectivity index (χ2v) is 7.03. The minimum atomic E-state index is -0.424. The lowest BCUT2D eigenvalue weighted by atomic mass is 9.84. The molecule has 0 spiro atoms. The Morgan fingerprint density at radius 1 is 1.41 bits per heavy atom. The van der Waals surface area contributed by atoms with Crippen LogP contribution >= 0.6 is 15.9 Å². The lowest BCUT2D eigenvalue weighted by Gasteiger charge is -2.33. The van der Waals surface area contributed by atoms with Crippen molar-refractivity contribution in [3.8, 4) is 0 Å². The summed E-state index contributed by atoms with van der Waals surface area (Å²) < 4.78 is 5.27. The summed E-state index contributed by atoms with van der Waals surface area (Å²) in [5, 5.41) is 2.96. The zero-order chi connectivity index (χ0) is 13.1. The number of hydrogen-bond acceptors (Lipinski definition) is 2. The molecule has 0 aliphatic heterocycles. The number of alkyl carbamates (subject to hydrolysis) is 1. The monoisotopic (exact) mass is 305 g/mol. The molecule has 4 heteroatoms. The highest BCUT2D eigenvalue weighted by atomic mass is 79.9. The van der Waals surface area contributed by atoms with Gasteiger partial charge in [0.25, 0.3) is 0 Å².